The Bertz CT molecular complexity index is 643. The summed E-state index contributed by atoms with van der Waals surface area (Å²) in [5, 5.41) is 23.0. The minimum atomic E-state index is -0.0386. The smallest absolute Gasteiger partial charge is 0.157 e. The number of nitrogens with one attached hydrogen (secondary N) is 1. The molecular weight excluding hydrogens is 330 g/mol. The molecule has 1 heterocycles. The predicted molar refractivity (Wildman–Crippen MR) is 89.7 cm³/mol. The fourth-order valence-corrected chi connectivity index (χ4v) is 2.94. The van der Waals surface area contributed by atoms with Crippen molar-refractivity contribution >= 4 is 17.0 Å². The predicted octanol–water partition coefficient (Wildman–Crippen LogP) is 3.26. The van der Waals surface area contributed by atoms with Crippen LogP contribution in [0.3, 0.4) is 0 Å². The Kier molecular flexibility index (Phi) is 4.91. The second-order valence-electron chi connectivity index (χ2n) is 5.46. The molecular formula is C17H20BrNO2. The van der Waals surface area contributed by atoms with Gasteiger partial charge in [0.05, 0.1) is 0 Å². The van der Waals surface area contributed by atoms with Crippen LogP contribution in [-0.4, -0.2) is 23.3 Å². The van der Waals surface area contributed by atoms with Gasteiger partial charge in [0.15, 0.2) is 11.5 Å². The maximum atomic E-state index is 9.82. The molecule has 1 aliphatic rings. The monoisotopic (exact) mass is 349 g/mol. The lowest BCUT2D eigenvalue weighted by Gasteiger charge is -2.19. The third kappa shape index (κ3) is 3.22. The van der Waals surface area contributed by atoms with Crippen LogP contribution in [0.2, 0.25) is 0 Å². The summed E-state index contributed by atoms with van der Waals surface area (Å²) in [5.74, 6) is 0.135. The van der Waals surface area contributed by atoms with Gasteiger partial charge in [-0.25, -0.2) is 0 Å². The molecule has 3 rings (SSSR count). The lowest BCUT2D eigenvalue weighted by Crippen LogP contribution is -2.20. The van der Waals surface area contributed by atoms with Crippen LogP contribution in [0.4, 0.5) is 0 Å². The molecule has 2 aromatic carbocycles. The standard InChI is InChI=1S/C17H19NO2.BrH/c1-11-3-2-4-12(7-11)15-10-18-6-5-13-8-16(19)17(20)9-14(13)15;/h2-4,7-9,15,18-20H,5-6,10H2,1H3;1H. The second-order valence-corrected chi connectivity index (χ2v) is 5.46. The number of benzene rings is 2. The SMILES string of the molecule is Br.Cc1cccc(C2CNCCc3cc(O)c(O)cc32)c1. The van der Waals surface area contributed by atoms with Crippen molar-refractivity contribution in [3.05, 3.63) is 58.7 Å². The zero-order valence-electron chi connectivity index (χ0n) is 12.0. The van der Waals surface area contributed by atoms with Gasteiger partial charge < -0.3 is 15.5 Å². The van der Waals surface area contributed by atoms with Gasteiger partial charge in [0.25, 0.3) is 0 Å². The van der Waals surface area contributed by atoms with Crippen LogP contribution in [0.15, 0.2) is 36.4 Å². The van der Waals surface area contributed by atoms with Crippen molar-refractivity contribution in [3.63, 3.8) is 0 Å². The zero-order valence-corrected chi connectivity index (χ0v) is 13.7. The first-order valence-corrected chi connectivity index (χ1v) is 6.97. The van der Waals surface area contributed by atoms with Crippen LogP contribution in [0.5, 0.6) is 11.5 Å². The van der Waals surface area contributed by atoms with Gasteiger partial charge in [0, 0.05) is 12.5 Å². The van der Waals surface area contributed by atoms with Gasteiger partial charge in [-0.05, 0) is 48.7 Å². The van der Waals surface area contributed by atoms with Gasteiger partial charge >= 0.3 is 0 Å². The summed E-state index contributed by atoms with van der Waals surface area (Å²) in [6.07, 6.45) is 0.867. The molecule has 0 amide bonds. The van der Waals surface area contributed by atoms with Crippen LogP contribution in [0, 0.1) is 6.92 Å². The van der Waals surface area contributed by atoms with E-state index in [0.717, 1.165) is 30.6 Å². The molecule has 0 saturated carbocycles. The molecule has 4 heteroatoms. The summed E-state index contributed by atoms with van der Waals surface area (Å²) in [7, 11) is 0. The first kappa shape index (κ1) is 15.9. The number of aryl methyl sites for hydroxylation is 1. The van der Waals surface area contributed by atoms with Crippen molar-refractivity contribution in [2.75, 3.05) is 13.1 Å². The highest BCUT2D eigenvalue weighted by atomic mass is 79.9. The average Bonchev–Trinajstić information content (AvgIpc) is 2.62. The minimum Gasteiger partial charge on any atom is -0.504 e. The van der Waals surface area contributed by atoms with E-state index < -0.39 is 0 Å². The topological polar surface area (TPSA) is 52.5 Å². The van der Waals surface area contributed by atoms with E-state index in [-0.39, 0.29) is 34.4 Å². The molecule has 21 heavy (non-hydrogen) atoms. The highest BCUT2D eigenvalue weighted by molar-refractivity contribution is 8.93. The summed E-state index contributed by atoms with van der Waals surface area (Å²) in [5.41, 5.74) is 4.69. The molecule has 0 saturated heterocycles. The third-order valence-electron chi connectivity index (χ3n) is 3.98. The molecule has 0 aromatic heterocycles. The lowest BCUT2D eigenvalue weighted by atomic mass is 9.87. The number of aromatic hydroxyl groups is 2. The Morgan fingerprint density at radius 2 is 1.86 bits per heavy atom. The van der Waals surface area contributed by atoms with Gasteiger partial charge in [-0.2, -0.15) is 0 Å². The quantitative estimate of drug-likeness (QED) is 0.692. The van der Waals surface area contributed by atoms with Crippen molar-refractivity contribution < 1.29 is 10.2 Å². The Labute approximate surface area is 135 Å². The van der Waals surface area contributed by atoms with Gasteiger partial charge in [0.2, 0.25) is 0 Å². The summed E-state index contributed by atoms with van der Waals surface area (Å²) in [4.78, 5) is 0. The van der Waals surface area contributed by atoms with Crippen LogP contribution >= 0.6 is 17.0 Å². The Hall–Kier alpha value is -1.52. The van der Waals surface area contributed by atoms with Gasteiger partial charge in [0.1, 0.15) is 0 Å². The molecule has 1 unspecified atom stereocenters. The Morgan fingerprint density at radius 1 is 1.10 bits per heavy atom. The minimum absolute atomic E-state index is 0. The van der Waals surface area contributed by atoms with E-state index in [1.807, 2.05) is 0 Å². The normalized spacial score (nSPS) is 17.5. The van der Waals surface area contributed by atoms with E-state index in [9.17, 15) is 10.2 Å². The van der Waals surface area contributed by atoms with E-state index in [0.29, 0.717) is 0 Å². The number of halogens is 1. The number of fused-ring (bicyclic) bond motifs is 1. The summed E-state index contributed by atoms with van der Waals surface area (Å²) < 4.78 is 0. The van der Waals surface area contributed by atoms with Crippen molar-refractivity contribution in [3.8, 4) is 11.5 Å². The van der Waals surface area contributed by atoms with Crippen molar-refractivity contribution in [2.24, 2.45) is 0 Å². The van der Waals surface area contributed by atoms with Crippen LogP contribution in [0.1, 0.15) is 28.2 Å². The maximum Gasteiger partial charge on any atom is 0.157 e. The fraction of sp³-hybridized carbons (Fsp3) is 0.294. The molecule has 3 N–H and O–H groups in total. The highest BCUT2D eigenvalue weighted by Crippen LogP contribution is 2.36. The summed E-state index contributed by atoms with van der Waals surface area (Å²) >= 11 is 0. The molecule has 0 fully saturated rings. The van der Waals surface area contributed by atoms with E-state index in [2.05, 4.69) is 36.5 Å². The molecule has 0 radical (unpaired) electrons. The Balaban J connectivity index is 0.00000161. The lowest BCUT2D eigenvalue weighted by molar-refractivity contribution is 0.402. The Morgan fingerprint density at radius 3 is 2.62 bits per heavy atom. The molecule has 3 nitrogen and oxygen atoms in total. The van der Waals surface area contributed by atoms with Crippen LogP contribution in [-0.2, 0) is 6.42 Å². The number of phenolic OH excluding ortho intramolecular Hbond substituents is 2. The van der Waals surface area contributed by atoms with Gasteiger partial charge in [-0.1, -0.05) is 29.8 Å². The number of rotatable bonds is 1. The van der Waals surface area contributed by atoms with Crippen molar-refractivity contribution in [1.82, 2.24) is 5.32 Å². The van der Waals surface area contributed by atoms with Gasteiger partial charge in [-0.15, -0.1) is 17.0 Å². The molecule has 1 aliphatic heterocycles. The molecule has 1 atom stereocenters. The first-order chi connectivity index (χ1) is 9.65. The second kappa shape index (κ2) is 6.50. The first-order valence-electron chi connectivity index (χ1n) is 6.97. The largest absolute Gasteiger partial charge is 0.504 e. The van der Waals surface area contributed by atoms with Crippen molar-refractivity contribution in [1.29, 1.82) is 0 Å². The molecule has 112 valence electrons. The van der Waals surface area contributed by atoms with E-state index in [4.69, 9.17) is 0 Å². The zero-order chi connectivity index (χ0) is 14.1. The average molecular weight is 350 g/mol. The summed E-state index contributed by atoms with van der Waals surface area (Å²) in [6, 6.07) is 11.9. The molecule has 0 aliphatic carbocycles. The highest BCUT2D eigenvalue weighted by Gasteiger charge is 2.22. The molecule has 0 spiro atoms. The number of hydrogen-bond donors (Lipinski definition) is 3. The van der Waals surface area contributed by atoms with Gasteiger partial charge in [-0.3, -0.25) is 0 Å². The van der Waals surface area contributed by atoms with Crippen molar-refractivity contribution in [2.45, 2.75) is 19.3 Å². The number of hydrogen-bond acceptors (Lipinski definition) is 3. The van der Waals surface area contributed by atoms with Crippen LogP contribution < -0.4 is 5.32 Å². The maximum absolute atomic E-state index is 9.82. The third-order valence-corrected chi connectivity index (χ3v) is 3.98. The fourth-order valence-electron chi connectivity index (χ4n) is 2.94. The number of phenols is 2. The van der Waals surface area contributed by atoms with E-state index >= 15 is 0 Å². The van der Waals surface area contributed by atoms with E-state index in [1.165, 1.54) is 11.1 Å². The van der Waals surface area contributed by atoms with Crippen LogP contribution in [0.25, 0.3) is 0 Å². The molecule has 2 aromatic rings. The van der Waals surface area contributed by atoms with E-state index in [1.54, 1.807) is 12.1 Å². The molecule has 0 bridgehead atoms. The summed E-state index contributed by atoms with van der Waals surface area (Å²) in [6.45, 7) is 3.82.